The van der Waals surface area contributed by atoms with Crippen LogP contribution in [0.15, 0.2) is 54.6 Å². The van der Waals surface area contributed by atoms with Gasteiger partial charge in [-0.25, -0.2) is 0 Å². The zero-order chi connectivity index (χ0) is 31.2. The van der Waals surface area contributed by atoms with Gasteiger partial charge in [-0.1, -0.05) is 42.5 Å². The van der Waals surface area contributed by atoms with E-state index in [9.17, 15) is 30.0 Å². The molecule has 1 N–H and O–H groups in total. The largest absolute Gasteiger partial charge is 0.481 e. The van der Waals surface area contributed by atoms with Gasteiger partial charge in [0.25, 0.3) is 0 Å². The van der Waals surface area contributed by atoms with Gasteiger partial charge >= 0.3 is 46.9 Å². The maximum Gasteiger partial charge on any atom is 0.451 e. The number of aliphatic carboxylic acids is 1. The molecule has 0 unspecified atom stereocenters. The Morgan fingerprint density at radius 2 is 1.16 bits per heavy atom. The molecule has 240 valence electrons. The minimum atomic E-state index is -10.7. The van der Waals surface area contributed by atoms with Gasteiger partial charge in [0.1, 0.15) is 11.0 Å². The van der Waals surface area contributed by atoms with Crippen LogP contribution in [-0.2, 0) is 11.2 Å². The first-order chi connectivity index (χ1) is 20.1. The number of fused-ring (bicyclic) bond motifs is 1. The number of nitrogens with zero attached hydrogens (tertiary/aromatic N) is 6. The van der Waals surface area contributed by atoms with Crippen molar-refractivity contribution >= 4 is 32.8 Å². The molecule has 0 spiro atoms. The number of aromatic nitrogens is 3. The Morgan fingerprint density at radius 1 is 0.744 bits per heavy atom. The van der Waals surface area contributed by atoms with E-state index in [-0.39, 0.29) is 6.42 Å². The van der Waals surface area contributed by atoms with E-state index in [1.807, 2.05) is 36.4 Å². The Hall–Kier alpha value is -2.57. The van der Waals surface area contributed by atoms with Gasteiger partial charge in [-0.15, -0.1) is 19.1 Å². The first-order valence-electron chi connectivity index (χ1n) is 14.1. The van der Waals surface area contributed by atoms with Gasteiger partial charge in [-0.3, -0.25) is 4.79 Å². The number of hydrogen-bond donors (Lipinski definition) is 1. The summed E-state index contributed by atoms with van der Waals surface area (Å²) in [6.45, 7) is 6.79. The van der Waals surface area contributed by atoms with Gasteiger partial charge in [0.05, 0.1) is 6.42 Å². The van der Waals surface area contributed by atoms with E-state index in [1.165, 1.54) is 38.5 Å². The van der Waals surface area contributed by atoms with Crippen LogP contribution < -0.4 is 4.62 Å². The molecule has 3 aromatic rings. The number of carboxylic acids is 1. The fourth-order valence-electron chi connectivity index (χ4n) is 5.36. The number of halogens is 6. The molecule has 0 aliphatic carbocycles. The van der Waals surface area contributed by atoms with Crippen LogP contribution in [-0.4, -0.2) is 79.5 Å². The van der Waals surface area contributed by atoms with Crippen molar-refractivity contribution in [3.63, 3.8) is 0 Å². The molecular formula is C26H36F6N6O3P2. The predicted octanol–water partition coefficient (Wildman–Crippen LogP) is 7.52. The fourth-order valence-corrected chi connectivity index (χ4v) is 9.48. The second-order valence-electron chi connectivity index (χ2n) is 10.5. The van der Waals surface area contributed by atoms with Crippen LogP contribution in [0.4, 0.5) is 25.2 Å². The van der Waals surface area contributed by atoms with Crippen molar-refractivity contribution in [2.45, 2.75) is 44.9 Å². The van der Waals surface area contributed by atoms with Crippen molar-refractivity contribution in [3.8, 4) is 0 Å². The number of carbonyl (C=O) groups is 1. The summed E-state index contributed by atoms with van der Waals surface area (Å²) in [4.78, 5) is 11.9. The number of carboxylic acid groups (broad SMARTS) is 1. The smallest absolute Gasteiger partial charge is 0.451 e. The first-order valence-corrected chi connectivity index (χ1v) is 17.7. The summed E-state index contributed by atoms with van der Waals surface area (Å²) in [6.07, 6.45) is 7.72. The topological polar surface area (TPSA) is 87.0 Å². The second kappa shape index (κ2) is 12.8. The molecule has 0 saturated carbocycles. The van der Waals surface area contributed by atoms with Gasteiger partial charge in [0.15, 0.2) is 0 Å². The molecule has 9 nitrogen and oxygen atoms in total. The summed E-state index contributed by atoms with van der Waals surface area (Å²) in [5, 5.41) is 17.1. The SMILES string of the molecule is F[P-](F)(F)(F)(F)F.O=C(O)Cc1ccccc1.c1ccc2c(c1)nnn2O[P+](N1CCCC1)(N1CCCC1)N1CCCC1. The standard InChI is InChI=1S/C18H28N6OP.C8H8O2.F6P/c1-2-10-18-17(9-1)19-20-24(18)25-26(21-11-3-4-12-21,22-13-5-6-14-22)23-15-7-8-16-23;9-8(10)6-7-4-2-1-3-5-7;1-7(2,3,4,5)6/h1-2,9-10H,3-8,11-16H2;1-5H,6H2,(H,9,10);/q+1;;-1. The van der Waals surface area contributed by atoms with Gasteiger partial charge < -0.3 is 5.11 Å². The zero-order valence-corrected chi connectivity index (χ0v) is 25.3. The molecular weight excluding hydrogens is 620 g/mol. The van der Waals surface area contributed by atoms with Gasteiger partial charge in [-0.05, 0) is 66.3 Å². The normalized spacial score (nSPS) is 20.0. The van der Waals surface area contributed by atoms with Crippen molar-refractivity contribution in [2.24, 2.45) is 0 Å². The molecule has 3 aliphatic heterocycles. The van der Waals surface area contributed by atoms with Crippen LogP contribution in [0.2, 0.25) is 0 Å². The molecule has 43 heavy (non-hydrogen) atoms. The molecule has 17 heteroatoms. The third-order valence-corrected chi connectivity index (χ3v) is 10.8. The summed E-state index contributed by atoms with van der Waals surface area (Å²) >= 11 is 0. The van der Waals surface area contributed by atoms with Crippen molar-refractivity contribution in [2.75, 3.05) is 39.3 Å². The Morgan fingerprint density at radius 3 is 1.60 bits per heavy atom. The van der Waals surface area contributed by atoms with Gasteiger partial charge in [-0.2, -0.15) is 4.62 Å². The maximum absolute atomic E-state index is 10.7. The number of hydrogen-bond acceptors (Lipinski definition) is 7. The van der Waals surface area contributed by atoms with Gasteiger partial charge in [0.2, 0.25) is 0 Å². The molecule has 4 heterocycles. The van der Waals surface area contributed by atoms with Crippen molar-refractivity contribution in [1.29, 1.82) is 0 Å². The zero-order valence-electron chi connectivity index (χ0n) is 23.5. The molecule has 0 atom stereocenters. The van der Waals surface area contributed by atoms with Crippen molar-refractivity contribution in [3.05, 3.63) is 60.2 Å². The van der Waals surface area contributed by atoms with Crippen molar-refractivity contribution in [1.82, 2.24) is 29.2 Å². The van der Waals surface area contributed by atoms with Crippen LogP contribution in [0.1, 0.15) is 44.1 Å². The molecule has 0 bridgehead atoms. The molecule has 3 saturated heterocycles. The van der Waals surface area contributed by atoms with E-state index in [1.54, 1.807) is 17.0 Å². The molecule has 0 radical (unpaired) electrons. The summed E-state index contributed by atoms with van der Waals surface area (Å²) < 4.78 is 74.1. The Kier molecular flexibility index (Phi) is 9.93. The number of benzene rings is 2. The Balaban J connectivity index is 0.000000206. The van der Waals surface area contributed by atoms with Crippen LogP contribution in [0.3, 0.4) is 0 Å². The second-order valence-corrected chi connectivity index (χ2v) is 15.3. The molecule has 3 fully saturated rings. The van der Waals surface area contributed by atoms with E-state index in [0.717, 1.165) is 55.9 Å². The fraction of sp³-hybridized carbons (Fsp3) is 0.500. The third-order valence-electron chi connectivity index (χ3n) is 7.06. The monoisotopic (exact) mass is 656 g/mol. The first kappa shape index (κ1) is 33.3. The van der Waals surface area contributed by atoms with E-state index in [0.29, 0.717) is 0 Å². The molecule has 2 aromatic carbocycles. The molecule has 3 aliphatic rings. The Bertz CT molecular complexity index is 1300. The average Bonchev–Trinajstić information content (AvgIpc) is 3.74. The van der Waals surface area contributed by atoms with E-state index in [2.05, 4.69) is 30.4 Å². The molecule has 1 aromatic heterocycles. The number of para-hydroxylation sites is 1. The van der Waals surface area contributed by atoms with Crippen LogP contribution in [0.5, 0.6) is 0 Å². The summed E-state index contributed by atoms with van der Waals surface area (Å²) in [6, 6.07) is 17.2. The summed E-state index contributed by atoms with van der Waals surface area (Å²) in [5.74, 6) is -0.786. The van der Waals surface area contributed by atoms with Crippen molar-refractivity contribution < 1.29 is 39.7 Å². The maximum atomic E-state index is 10.2. The van der Waals surface area contributed by atoms with Crippen LogP contribution in [0.25, 0.3) is 11.0 Å². The van der Waals surface area contributed by atoms with Crippen LogP contribution >= 0.6 is 15.8 Å². The van der Waals surface area contributed by atoms with E-state index >= 15 is 0 Å². The predicted molar refractivity (Wildman–Crippen MR) is 155 cm³/mol. The quantitative estimate of drug-likeness (QED) is 0.207. The third kappa shape index (κ3) is 10.2. The summed E-state index contributed by atoms with van der Waals surface area (Å²) in [5.41, 5.74) is 2.71. The minimum Gasteiger partial charge on any atom is -0.481 e. The number of rotatable bonds is 7. The Labute approximate surface area is 246 Å². The average molecular weight is 657 g/mol. The molecule has 0 amide bonds. The molecule has 6 rings (SSSR count). The van der Waals surface area contributed by atoms with E-state index in [4.69, 9.17) is 9.73 Å². The summed E-state index contributed by atoms with van der Waals surface area (Å²) in [7, 11) is -12.7. The minimum absolute atomic E-state index is 0.112. The van der Waals surface area contributed by atoms with E-state index < -0.39 is 21.7 Å². The van der Waals surface area contributed by atoms with Crippen LogP contribution in [0, 0.1) is 0 Å². The van der Waals surface area contributed by atoms with Gasteiger partial charge in [0, 0.05) is 39.3 Å².